The second-order valence-corrected chi connectivity index (χ2v) is 7.44. The predicted octanol–water partition coefficient (Wildman–Crippen LogP) is 1.32. The lowest BCUT2D eigenvalue weighted by Crippen LogP contribution is -2.31. The van der Waals surface area contributed by atoms with Crippen LogP contribution < -0.4 is 10.6 Å². The number of hydrogen-bond donors (Lipinski definition) is 5. The van der Waals surface area contributed by atoms with Gasteiger partial charge >= 0.3 is 11.9 Å². The van der Waals surface area contributed by atoms with E-state index in [9.17, 15) is 24.3 Å². The Morgan fingerprint density at radius 3 is 2.50 bits per heavy atom. The van der Waals surface area contributed by atoms with Gasteiger partial charge in [0, 0.05) is 23.5 Å². The van der Waals surface area contributed by atoms with Crippen molar-refractivity contribution in [1.29, 1.82) is 0 Å². The molecule has 0 radical (unpaired) electrons. The van der Waals surface area contributed by atoms with Crippen molar-refractivity contribution in [2.24, 2.45) is 0 Å². The number of aliphatic hydroxyl groups is 1. The first-order valence-corrected chi connectivity index (χ1v) is 10.1. The molecule has 11 heteroatoms. The van der Waals surface area contributed by atoms with Crippen molar-refractivity contribution >= 4 is 35.1 Å². The highest BCUT2D eigenvalue weighted by Gasteiger charge is 2.34. The summed E-state index contributed by atoms with van der Waals surface area (Å²) >= 11 is 0. The summed E-state index contributed by atoms with van der Waals surface area (Å²) in [5, 5.41) is 33.4. The highest BCUT2D eigenvalue weighted by molar-refractivity contribution is 6.09. The summed E-state index contributed by atoms with van der Waals surface area (Å²) < 4.78 is 4.76. The molecule has 0 fully saturated rings. The van der Waals surface area contributed by atoms with Crippen LogP contribution in [-0.4, -0.2) is 70.8 Å². The molecule has 0 aromatic heterocycles. The molecular formula is C23H23N3O8. The molecule has 0 spiro atoms. The van der Waals surface area contributed by atoms with Crippen molar-refractivity contribution in [3.05, 3.63) is 64.4 Å². The number of rotatable bonds is 8. The number of aromatic carboxylic acids is 1. The Morgan fingerprint density at radius 2 is 1.88 bits per heavy atom. The number of aliphatic hydroxyl groups excluding tert-OH is 1. The molecule has 0 atom stereocenters. The molecule has 1 heterocycles. The molecule has 0 bridgehead atoms. The van der Waals surface area contributed by atoms with Crippen molar-refractivity contribution in [2.75, 3.05) is 37.4 Å². The van der Waals surface area contributed by atoms with Gasteiger partial charge < -0.3 is 35.6 Å². The fourth-order valence-electron chi connectivity index (χ4n) is 3.42. The van der Waals surface area contributed by atoms with E-state index in [2.05, 4.69) is 10.6 Å². The Bertz CT molecular complexity index is 1200. The largest absolute Gasteiger partial charge is 0.507 e. The van der Waals surface area contributed by atoms with Gasteiger partial charge in [0.1, 0.15) is 17.0 Å². The SMILES string of the molecule is COC(=O)C1=C(Nc2ccc(C(=O)Nc3ccc(O)c(C(=O)O)c3)cc2C)C(=O)N(CCO)C1. The monoisotopic (exact) mass is 469 g/mol. The zero-order valence-corrected chi connectivity index (χ0v) is 18.4. The summed E-state index contributed by atoms with van der Waals surface area (Å²) in [6.07, 6.45) is 0. The summed E-state index contributed by atoms with van der Waals surface area (Å²) in [5.41, 5.74) is 1.33. The van der Waals surface area contributed by atoms with Gasteiger partial charge in [0.05, 0.1) is 25.8 Å². The van der Waals surface area contributed by atoms with Crippen LogP contribution in [0.1, 0.15) is 26.3 Å². The molecule has 2 amide bonds. The van der Waals surface area contributed by atoms with Crippen molar-refractivity contribution in [3.8, 4) is 5.75 Å². The third kappa shape index (κ3) is 4.99. The standard InChI is InChI=1S/C23H23N3O8/c1-12-9-13(20(29)24-14-4-6-18(28)15(10-14)22(31)32)3-5-17(12)25-19-16(23(33)34-2)11-26(7-8-27)21(19)30/h3-6,9-10,25,27-28H,7-8,11H2,1-2H3,(H,24,29)(H,31,32). The van der Waals surface area contributed by atoms with E-state index in [-0.39, 0.29) is 47.8 Å². The lowest BCUT2D eigenvalue weighted by atomic mass is 10.1. The molecule has 0 aliphatic carbocycles. The van der Waals surface area contributed by atoms with Gasteiger partial charge in [-0.1, -0.05) is 0 Å². The Kier molecular flexibility index (Phi) is 7.17. The van der Waals surface area contributed by atoms with Crippen molar-refractivity contribution in [3.63, 3.8) is 0 Å². The molecule has 34 heavy (non-hydrogen) atoms. The normalized spacial score (nSPS) is 13.1. The van der Waals surface area contributed by atoms with Gasteiger partial charge in [0.2, 0.25) is 0 Å². The number of nitrogens with zero attached hydrogens (tertiary/aromatic N) is 1. The Hall–Kier alpha value is -4.38. The van der Waals surface area contributed by atoms with Crippen LogP contribution >= 0.6 is 0 Å². The summed E-state index contributed by atoms with van der Waals surface area (Å²) in [7, 11) is 1.21. The first kappa shape index (κ1) is 24.3. The van der Waals surface area contributed by atoms with E-state index >= 15 is 0 Å². The number of carboxylic acid groups (broad SMARTS) is 1. The van der Waals surface area contributed by atoms with Gasteiger partial charge in [-0.05, 0) is 48.9 Å². The third-order valence-corrected chi connectivity index (χ3v) is 5.19. The third-order valence-electron chi connectivity index (χ3n) is 5.19. The number of carbonyl (C=O) groups excluding carboxylic acids is 3. The van der Waals surface area contributed by atoms with Crippen LogP contribution in [0.15, 0.2) is 47.7 Å². The summed E-state index contributed by atoms with van der Waals surface area (Å²) in [5.74, 6) is -3.40. The molecular weight excluding hydrogens is 446 g/mol. The molecule has 1 aliphatic heterocycles. The fraction of sp³-hybridized carbons (Fsp3) is 0.217. The summed E-state index contributed by atoms with van der Waals surface area (Å²) in [4.78, 5) is 49.9. The van der Waals surface area contributed by atoms with Crippen LogP contribution in [0.5, 0.6) is 5.75 Å². The van der Waals surface area contributed by atoms with Gasteiger partial charge in [-0.2, -0.15) is 0 Å². The molecule has 178 valence electrons. The molecule has 11 nitrogen and oxygen atoms in total. The number of esters is 1. The number of hydrogen-bond acceptors (Lipinski definition) is 8. The molecule has 2 aromatic carbocycles. The van der Waals surface area contributed by atoms with Crippen LogP contribution in [0.4, 0.5) is 11.4 Å². The van der Waals surface area contributed by atoms with Gasteiger partial charge in [-0.3, -0.25) is 9.59 Å². The second kappa shape index (κ2) is 10.0. The molecule has 0 saturated carbocycles. The number of β-amino-alcohol motifs (C(OH)–C–C–N with tert-alkyl or cyclic N) is 1. The van der Waals surface area contributed by atoms with Crippen molar-refractivity contribution in [1.82, 2.24) is 4.90 Å². The first-order chi connectivity index (χ1) is 16.2. The number of amides is 2. The van der Waals surface area contributed by atoms with E-state index in [4.69, 9.17) is 14.9 Å². The summed E-state index contributed by atoms with van der Waals surface area (Å²) in [6, 6.07) is 8.29. The maximum atomic E-state index is 12.7. The highest BCUT2D eigenvalue weighted by Crippen LogP contribution is 2.26. The minimum absolute atomic E-state index is 0.00109. The number of aromatic hydroxyl groups is 1. The Balaban J connectivity index is 1.81. The number of aryl methyl sites for hydroxylation is 1. The number of benzene rings is 2. The van der Waals surface area contributed by atoms with Gasteiger partial charge in [0.25, 0.3) is 11.8 Å². The van der Waals surface area contributed by atoms with E-state index in [1.54, 1.807) is 19.1 Å². The van der Waals surface area contributed by atoms with E-state index in [1.807, 2.05) is 0 Å². The van der Waals surface area contributed by atoms with Crippen LogP contribution in [0.25, 0.3) is 0 Å². The van der Waals surface area contributed by atoms with Gasteiger partial charge in [-0.25, -0.2) is 9.59 Å². The van der Waals surface area contributed by atoms with Crippen LogP contribution in [0.2, 0.25) is 0 Å². The Labute approximate surface area is 194 Å². The predicted molar refractivity (Wildman–Crippen MR) is 121 cm³/mol. The molecule has 5 N–H and O–H groups in total. The van der Waals surface area contributed by atoms with Gasteiger partial charge in [-0.15, -0.1) is 0 Å². The van der Waals surface area contributed by atoms with Crippen molar-refractivity contribution < 1.29 is 39.2 Å². The Morgan fingerprint density at radius 1 is 1.15 bits per heavy atom. The highest BCUT2D eigenvalue weighted by atomic mass is 16.5. The average Bonchev–Trinajstić information content (AvgIpc) is 3.11. The smallest absolute Gasteiger partial charge is 0.339 e. The van der Waals surface area contributed by atoms with Gasteiger partial charge in [0.15, 0.2) is 0 Å². The average molecular weight is 469 g/mol. The lowest BCUT2D eigenvalue weighted by Gasteiger charge is -2.16. The fourth-order valence-corrected chi connectivity index (χ4v) is 3.42. The number of anilines is 2. The lowest BCUT2D eigenvalue weighted by molar-refractivity contribution is -0.136. The minimum atomic E-state index is -1.33. The van der Waals surface area contributed by atoms with Crippen LogP contribution in [-0.2, 0) is 14.3 Å². The van der Waals surface area contributed by atoms with E-state index in [1.165, 1.54) is 30.2 Å². The molecule has 1 aliphatic rings. The number of phenols is 1. The van der Waals surface area contributed by atoms with E-state index in [0.29, 0.717) is 11.3 Å². The second-order valence-electron chi connectivity index (χ2n) is 7.44. The zero-order valence-electron chi connectivity index (χ0n) is 18.4. The molecule has 3 rings (SSSR count). The van der Waals surface area contributed by atoms with Crippen LogP contribution in [0, 0.1) is 6.92 Å². The maximum absolute atomic E-state index is 12.7. The number of nitrogens with one attached hydrogen (secondary N) is 2. The van der Waals surface area contributed by atoms with E-state index in [0.717, 1.165) is 6.07 Å². The summed E-state index contributed by atoms with van der Waals surface area (Å²) in [6.45, 7) is 1.50. The number of ether oxygens (including phenoxy) is 1. The van der Waals surface area contributed by atoms with Crippen LogP contribution in [0.3, 0.4) is 0 Å². The van der Waals surface area contributed by atoms with Crippen molar-refractivity contribution in [2.45, 2.75) is 6.92 Å². The number of carbonyl (C=O) groups is 4. The molecule has 0 saturated heterocycles. The minimum Gasteiger partial charge on any atom is -0.507 e. The molecule has 2 aromatic rings. The number of carboxylic acids is 1. The zero-order chi connectivity index (χ0) is 25.0. The first-order valence-electron chi connectivity index (χ1n) is 10.1. The quantitative estimate of drug-likeness (QED) is 0.283. The maximum Gasteiger partial charge on any atom is 0.339 e. The molecule has 0 unspecified atom stereocenters. The topological polar surface area (TPSA) is 166 Å². The number of methoxy groups -OCH3 is 1. The van der Waals surface area contributed by atoms with E-state index < -0.39 is 29.5 Å².